The smallest absolute Gasteiger partial charge is 0.407 e. The number of nitrogens with zero attached hydrogens (tertiary/aromatic N) is 2. The van der Waals surface area contributed by atoms with Gasteiger partial charge in [0.15, 0.2) is 0 Å². The van der Waals surface area contributed by atoms with Crippen LogP contribution in [0.4, 0.5) is 4.79 Å². The Balaban J connectivity index is 1.79. The van der Waals surface area contributed by atoms with Gasteiger partial charge in [-0.1, -0.05) is 39.0 Å². The van der Waals surface area contributed by atoms with Crippen LogP contribution in [0.3, 0.4) is 0 Å². The Morgan fingerprint density at radius 2 is 2.03 bits per heavy atom. The molecular weight excluding hydrogens is 498 g/mol. The average molecular weight is 538 g/mol. The lowest BCUT2D eigenvalue weighted by Gasteiger charge is -2.37. The van der Waals surface area contributed by atoms with Gasteiger partial charge < -0.3 is 24.4 Å². The van der Waals surface area contributed by atoms with Gasteiger partial charge in [-0.3, -0.25) is 4.79 Å². The number of hydrogen-bond donors (Lipinski definition) is 1. The van der Waals surface area contributed by atoms with E-state index in [9.17, 15) is 14.4 Å². The molecule has 2 aromatic rings. The van der Waals surface area contributed by atoms with E-state index >= 15 is 0 Å². The van der Waals surface area contributed by atoms with Crippen molar-refractivity contribution in [2.45, 2.75) is 84.0 Å². The minimum atomic E-state index is -0.958. The van der Waals surface area contributed by atoms with Crippen LogP contribution in [-0.2, 0) is 25.5 Å². The highest BCUT2D eigenvalue weighted by Gasteiger charge is 2.51. The lowest BCUT2D eigenvalue weighted by atomic mass is 9.85. The van der Waals surface area contributed by atoms with Gasteiger partial charge in [0.1, 0.15) is 18.2 Å². The van der Waals surface area contributed by atoms with E-state index in [4.69, 9.17) is 14.2 Å². The van der Waals surface area contributed by atoms with Crippen molar-refractivity contribution in [3.05, 3.63) is 48.7 Å². The molecule has 9 heteroatoms. The second-order valence-electron chi connectivity index (χ2n) is 11.2. The molecule has 2 aliphatic rings. The second kappa shape index (κ2) is 12.1. The standard InChI is InChI=1S/C30H39N3O6/c1-6-22-24-18-23(28(35)37-7-2)33(22)27(34)25(30(3,4)5)32-29(36)38-16-10-8-9-11-19-12-13-20-14-15-31-26(39-24)21(20)17-19/h6,12-15,17,22-25H,1,7-11,16,18H2,2-5H3,(H,32,36)/t22-,23+,24+,25-/m1/s1. The molecule has 0 saturated carbocycles. The number of fused-ring (bicyclic) bond motifs is 3. The fourth-order valence-electron chi connectivity index (χ4n) is 5.30. The number of esters is 1. The summed E-state index contributed by atoms with van der Waals surface area (Å²) in [5.41, 5.74) is 0.482. The lowest BCUT2D eigenvalue weighted by molar-refractivity contribution is -0.155. The number of aromatic nitrogens is 1. The quantitative estimate of drug-likeness (QED) is 0.452. The molecule has 39 heavy (non-hydrogen) atoms. The SMILES string of the molecule is C=C[C@@H]1[C@@H]2C[C@@H](C(=O)OCC)N1C(=O)[C@H](C(C)(C)C)NC(=O)OCCCCCc1ccc3ccnc(c3c1)O2. The molecular formula is C30H39N3O6. The van der Waals surface area contributed by atoms with Crippen LogP contribution in [0.5, 0.6) is 5.88 Å². The van der Waals surface area contributed by atoms with Gasteiger partial charge in [-0.15, -0.1) is 6.58 Å². The van der Waals surface area contributed by atoms with Crippen molar-refractivity contribution in [3.8, 4) is 5.88 Å². The molecule has 4 rings (SSSR count). The van der Waals surface area contributed by atoms with Gasteiger partial charge >= 0.3 is 12.1 Å². The molecule has 0 aliphatic carbocycles. The normalized spacial score (nSPS) is 24.8. The molecule has 0 spiro atoms. The first kappa shape index (κ1) is 28.4. The van der Waals surface area contributed by atoms with Crippen molar-refractivity contribution in [1.82, 2.24) is 15.2 Å². The fraction of sp³-hybridized carbons (Fsp3) is 0.533. The van der Waals surface area contributed by atoms with Gasteiger partial charge in [0.05, 0.1) is 19.3 Å². The lowest BCUT2D eigenvalue weighted by Crippen LogP contribution is -2.59. The van der Waals surface area contributed by atoms with Crippen LogP contribution in [0.2, 0.25) is 0 Å². The summed E-state index contributed by atoms with van der Waals surface area (Å²) in [6.07, 6.45) is 5.63. The van der Waals surface area contributed by atoms with Gasteiger partial charge in [-0.2, -0.15) is 0 Å². The number of cyclic esters (lactones) is 1. The van der Waals surface area contributed by atoms with Crippen molar-refractivity contribution < 1.29 is 28.6 Å². The molecule has 3 heterocycles. The maximum Gasteiger partial charge on any atom is 0.407 e. The fourth-order valence-corrected chi connectivity index (χ4v) is 5.30. The Hall–Kier alpha value is -3.62. The highest BCUT2D eigenvalue weighted by atomic mass is 16.5. The highest BCUT2D eigenvalue weighted by Crippen LogP contribution is 2.35. The molecule has 0 radical (unpaired) electrons. The molecule has 1 fully saturated rings. The van der Waals surface area contributed by atoms with Crippen molar-refractivity contribution >= 4 is 28.7 Å². The first-order valence-corrected chi connectivity index (χ1v) is 13.7. The maximum absolute atomic E-state index is 14.1. The van der Waals surface area contributed by atoms with Gasteiger partial charge in [0, 0.05) is 18.0 Å². The van der Waals surface area contributed by atoms with Crippen LogP contribution in [0.15, 0.2) is 43.1 Å². The van der Waals surface area contributed by atoms with Crippen LogP contribution in [0, 0.1) is 5.41 Å². The number of hydrogen-bond acceptors (Lipinski definition) is 7. The summed E-state index contributed by atoms with van der Waals surface area (Å²) < 4.78 is 17.2. The third kappa shape index (κ3) is 6.34. The topological polar surface area (TPSA) is 107 Å². The van der Waals surface area contributed by atoms with Gasteiger partial charge in [0.25, 0.3) is 0 Å². The number of rotatable bonds is 3. The minimum Gasteiger partial charge on any atom is -0.471 e. The highest BCUT2D eigenvalue weighted by molar-refractivity contribution is 5.92. The Morgan fingerprint density at radius 1 is 1.23 bits per heavy atom. The number of carbonyl (C=O) groups is 3. The zero-order valence-electron chi connectivity index (χ0n) is 23.3. The summed E-state index contributed by atoms with van der Waals surface area (Å²) in [5, 5.41) is 4.62. The van der Waals surface area contributed by atoms with Crippen molar-refractivity contribution in [1.29, 1.82) is 0 Å². The van der Waals surface area contributed by atoms with E-state index < -0.39 is 47.6 Å². The molecule has 4 bridgehead atoms. The van der Waals surface area contributed by atoms with Gasteiger partial charge in [-0.05, 0) is 61.1 Å². The predicted molar refractivity (Wildman–Crippen MR) is 147 cm³/mol. The van der Waals surface area contributed by atoms with E-state index in [1.807, 2.05) is 26.8 Å². The number of ether oxygens (including phenoxy) is 3. The van der Waals surface area contributed by atoms with Crippen LogP contribution in [0.1, 0.15) is 58.9 Å². The molecule has 210 valence electrons. The van der Waals surface area contributed by atoms with E-state index in [-0.39, 0.29) is 19.6 Å². The molecule has 4 atom stereocenters. The average Bonchev–Trinajstić information content (AvgIpc) is 3.26. The Bertz CT molecular complexity index is 1220. The van der Waals surface area contributed by atoms with Crippen molar-refractivity contribution in [2.24, 2.45) is 5.41 Å². The molecule has 0 unspecified atom stereocenters. The summed E-state index contributed by atoms with van der Waals surface area (Å²) >= 11 is 0. The van der Waals surface area contributed by atoms with Crippen molar-refractivity contribution in [3.63, 3.8) is 0 Å². The second-order valence-corrected chi connectivity index (χ2v) is 11.2. The van der Waals surface area contributed by atoms with E-state index in [0.29, 0.717) is 12.3 Å². The zero-order valence-corrected chi connectivity index (χ0v) is 23.3. The largest absolute Gasteiger partial charge is 0.471 e. The number of nitrogens with one attached hydrogen (secondary N) is 1. The molecule has 1 aromatic heterocycles. The number of pyridine rings is 1. The number of benzene rings is 1. The summed E-state index contributed by atoms with van der Waals surface area (Å²) in [4.78, 5) is 46.0. The van der Waals surface area contributed by atoms with Gasteiger partial charge in [0.2, 0.25) is 11.8 Å². The molecule has 2 aliphatic heterocycles. The first-order valence-electron chi connectivity index (χ1n) is 13.7. The Kier molecular flexibility index (Phi) is 8.77. The minimum absolute atomic E-state index is 0.169. The van der Waals surface area contributed by atoms with Gasteiger partial charge in [-0.25, -0.2) is 14.6 Å². The molecule has 2 amide bonds. The number of amides is 2. The van der Waals surface area contributed by atoms with Crippen LogP contribution in [-0.4, -0.2) is 65.3 Å². The summed E-state index contributed by atoms with van der Waals surface area (Å²) in [6, 6.07) is 5.64. The maximum atomic E-state index is 14.1. The molecule has 1 saturated heterocycles. The summed E-state index contributed by atoms with van der Waals surface area (Å²) in [6.45, 7) is 11.7. The number of carbonyl (C=O) groups excluding carboxylic acids is 3. The van der Waals surface area contributed by atoms with E-state index in [0.717, 1.165) is 35.6 Å². The van der Waals surface area contributed by atoms with Crippen LogP contribution < -0.4 is 10.1 Å². The number of alkyl carbamates (subject to hydrolysis) is 1. The van der Waals surface area contributed by atoms with Crippen molar-refractivity contribution in [2.75, 3.05) is 13.2 Å². The van der Waals surface area contributed by atoms with Crippen LogP contribution >= 0.6 is 0 Å². The van der Waals surface area contributed by atoms with E-state index in [1.54, 1.807) is 19.2 Å². The molecule has 1 N–H and O–H groups in total. The zero-order chi connectivity index (χ0) is 28.2. The number of aryl methyl sites for hydroxylation is 1. The first-order chi connectivity index (χ1) is 18.6. The summed E-state index contributed by atoms with van der Waals surface area (Å²) in [5.74, 6) is -0.515. The third-order valence-corrected chi connectivity index (χ3v) is 7.32. The molecule has 1 aromatic carbocycles. The monoisotopic (exact) mass is 537 g/mol. The van der Waals surface area contributed by atoms with Crippen LogP contribution in [0.25, 0.3) is 10.8 Å². The van der Waals surface area contributed by atoms with E-state index in [2.05, 4.69) is 35.1 Å². The molecule has 9 nitrogen and oxygen atoms in total. The predicted octanol–water partition coefficient (Wildman–Crippen LogP) is 4.57. The summed E-state index contributed by atoms with van der Waals surface area (Å²) in [7, 11) is 0. The van der Waals surface area contributed by atoms with E-state index in [1.165, 1.54) is 4.90 Å². The third-order valence-electron chi connectivity index (χ3n) is 7.32. The Morgan fingerprint density at radius 3 is 2.74 bits per heavy atom. The Labute approximate surface area is 229 Å².